The van der Waals surface area contributed by atoms with E-state index in [4.69, 9.17) is 15.0 Å². The summed E-state index contributed by atoms with van der Waals surface area (Å²) < 4.78 is 0. The molecular formula is C56H37N3. The summed E-state index contributed by atoms with van der Waals surface area (Å²) in [6.07, 6.45) is 0. The van der Waals surface area contributed by atoms with Crippen molar-refractivity contribution in [1.29, 1.82) is 0 Å². The molecule has 1 aliphatic carbocycles. The molecule has 0 unspecified atom stereocenters. The average Bonchev–Trinajstić information content (AvgIpc) is 3.63. The van der Waals surface area contributed by atoms with E-state index in [1.165, 1.54) is 50.1 Å². The molecule has 9 aromatic carbocycles. The van der Waals surface area contributed by atoms with Crippen LogP contribution in [0.1, 0.15) is 22.3 Å². The van der Waals surface area contributed by atoms with Crippen LogP contribution in [0.4, 0.5) is 0 Å². The number of fused-ring (bicyclic) bond motifs is 4. The van der Waals surface area contributed by atoms with Gasteiger partial charge < -0.3 is 0 Å². The molecule has 11 rings (SSSR count). The first-order chi connectivity index (χ1) is 29.2. The number of aromatic nitrogens is 3. The van der Waals surface area contributed by atoms with Gasteiger partial charge in [-0.1, -0.05) is 212 Å². The zero-order valence-electron chi connectivity index (χ0n) is 32.2. The molecule has 59 heavy (non-hydrogen) atoms. The summed E-state index contributed by atoms with van der Waals surface area (Å²) in [5.41, 5.74) is 14.8. The summed E-state index contributed by atoms with van der Waals surface area (Å²) in [4.78, 5) is 15.1. The van der Waals surface area contributed by atoms with Crippen LogP contribution in [0, 0.1) is 0 Å². The lowest BCUT2D eigenvalue weighted by molar-refractivity contribution is 0.768. The number of rotatable bonds is 7. The van der Waals surface area contributed by atoms with Crippen molar-refractivity contribution >= 4 is 10.8 Å². The topological polar surface area (TPSA) is 38.7 Å². The lowest BCUT2D eigenvalue weighted by atomic mass is 9.67. The second-order valence-corrected chi connectivity index (χ2v) is 15.1. The minimum Gasteiger partial charge on any atom is -0.208 e. The van der Waals surface area contributed by atoms with Gasteiger partial charge in [0.05, 0.1) is 5.41 Å². The fraction of sp³-hybridized carbons (Fsp3) is 0.0179. The monoisotopic (exact) mass is 751 g/mol. The van der Waals surface area contributed by atoms with Gasteiger partial charge in [0, 0.05) is 16.7 Å². The van der Waals surface area contributed by atoms with Crippen molar-refractivity contribution in [2.75, 3.05) is 0 Å². The van der Waals surface area contributed by atoms with Gasteiger partial charge >= 0.3 is 0 Å². The Hall–Kier alpha value is -7.75. The summed E-state index contributed by atoms with van der Waals surface area (Å²) in [5, 5.41) is 2.28. The van der Waals surface area contributed by atoms with Crippen LogP contribution in [0.2, 0.25) is 0 Å². The van der Waals surface area contributed by atoms with Gasteiger partial charge in [-0.2, -0.15) is 0 Å². The van der Waals surface area contributed by atoms with Crippen molar-refractivity contribution in [3.63, 3.8) is 0 Å². The van der Waals surface area contributed by atoms with Gasteiger partial charge in [-0.15, -0.1) is 0 Å². The molecule has 0 N–H and O–H groups in total. The molecule has 0 aliphatic heterocycles. The zero-order chi connectivity index (χ0) is 39.2. The Morgan fingerprint density at radius 3 is 1.31 bits per heavy atom. The Labute approximate surface area is 344 Å². The molecule has 1 heterocycles. The number of hydrogen-bond acceptors (Lipinski definition) is 3. The average molecular weight is 752 g/mol. The van der Waals surface area contributed by atoms with Crippen LogP contribution in [-0.4, -0.2) is 15.0 Å². The van der Waals surface area contributed by atoms with E-state index in [1.807, 2.05) is 36.4 Å². The van der Waals surface area contributed by atoms with Crippen molar-refractivity contribution in [3.05, 3.63) is 247 Å². The maximum atomic E-state index is 5.08. The van der Waals surface area contributed by atoms with E-state index in [1.54, 1.807) is 0 Å². The Morgan fingerprint density at radius 1 is 0.271 bits per heavy atom. The van der Waals surface area contributed by atoms with Crippen molar-refractivity contribution in [3.8, 4) is 67.5 Å². The Balaban J connectivity index is 1.02. The first kappa shape index (κ1) is 34.5. The molecule has 0 saturated heterocycles. The summed E-state index contributed by atoms with van der Waals surface area (Å²) in [5.74, 6) is 1.93. The van der Waals surface area contributed by atoms with Crippen molar-refractivity contribution in [2.24, 2.45) is 0 Å². The minimum absolute atomic E-state index is 0.442. The summed E-state index contributed by atoms with van der Waals surface area (Å²) in [6, 6.07) is 80.1. The molecule has 1 aliphatic rings. The highest BCUT2D eigenvalue weighted by atomic mass is 15.0. The van der Waals surface area contributed by atoms with E-state index < -0.39 is 5.41 Å². The lowest BCUT2D eigenvalue weighted by Crippen LogP contribution is -2.28. The maximum Gasteiger partial charge on any atom is 0.164 e. The van der Waals surface area contributed by atoms with Gasteiger partial charge in [-0.05, 0) is 78.5 Å². The molecule has 3 heteroatoms. The molecule has 0 fully saturated rings. The van der Waals surface area contributed by atoms with E-state index in [0.717, 1.165) is 33.0 Å². The third-order valence-corrected chi connectivity index (χ3v) is 11.8. The van der Waals surface area contributed by atoms with Crippen LogP contribution in [0.5, 0.6) is 0 Å². The molecule has 0 spiro atoms. The van der Waals surface area contributed by atoms with E-state index >= 15 is 0 Å². The lowest BCUT2D eigenvalue weighted by Gasteiger charge is -2.34. The Bertz CT molecular complexity index is 3080. The van der Waals surface area contributed by atoms with Crippen LogP contribution >= 0.6 is 0 Å². The van der Waals surface area contributed by atoms with E-state index in [-0.39, 0.29) is 0 Å². The standard InChI is InChI=1S/C56H37N3/c1-5-16-38(17-6-1)39-28-30-41(31-29-39)54-57-53(40-18-7-2-8-19-40)58-55(59-54)45-35-33-42-36-44(34-32-43(42)37-45)48-25-15-27-51-52(48)49-24-13-14-26-50(49)56(51,46-20-9-3-10-21-46)47-22-11-4-12-23-47/h1-37H. The van der Waals surface area contributed by atoms with Crippen LogP contribution < -0.4 is 0 Å². The van der Waals surface area contributed by atoms with Gasteiger partial charge in [-0.3, -0.25) is 0 Å². The van der Waals surface area contributed by atoms with Gasteiger partial charge in [0.1, 0.15) is 0 Å². The van der Waals surface area contributed by atoms with Crippen molar-refractivity contribution in [1.82, 2.24) is 15.0 Å². The normalized spacial score (nSPS) is 12.5. The Morgan fingerprint density at radius 2 is 0.678 bits per heavy atom. The highest BCUT2D eigenvalue weighted by molar-refractivity contribution is 5.98. The summed E-state index contributed by atoms with van der Waals surface area (Å²) >= 11 is 0. The second kappa shape index (κ2) is 14.3. The van der Waals surface area contributed by atoms with Crippen LogP contribution in [0.25, 0.3) is 78.3 Å². The number of nitrogens with zero attached hydrogens (tertiary/aromatic N) is 3. The smallest absolute Gasteiger partial charge is 0.164 e. The van der Waals surface area contributed by atoms with Gasteiger partial charge in [-0.25, -0.2) is 15.0 Å². The first-order valence-electron chi connectivity index (χ1n) is 20.1. The summed E-state index contributed by atoms with van der Waals surface area (Å²) in [6.45, 7) is 0. The maximum absolute atomic E-state index is 5.08. The third kappa shape index (κ3) is 5.86. The molecule has 10 aromatic rings. The largest absolute Gasteiger partial charge is 0.208 e. The quantitative estimate of drug-likeness (QED) is 0.163. The molecule has 3 nitrogen and oxygen atoms in total. The molecule has 0 saturated carbocycles. The fourth-order valence-corrected chi connectivity index (χ4v) is 9.08. The molecule has 1 aromatic heterocycles. The predicted octanol–water partition coefficient (Wildman–Crippen LogP) is 13.7. The molecular weight excluding hydrogens is 715 g/mol. The van der Waals surface area contributed by atoms with Crippen molar-refractivity contribution in [2.45, 2.75) is 5.41 Å². The fourth-order valence-electron chi connectivity index (χ4n) is 9.08. The van der Waals surface area contributed by atoms with Crippen LogP contribution in [0.15, 0.2) is 224 Å². The number of benzene rings is 9. The SMILES string of the molecule is c1ccc(-c2ccc(-c3nc(-c4ccccc4)nc(-c4ccc5cc(-c6cccc7c6-c6ccccc6C7(c6ccccc6)c6ccccc6)ccc5c4)n3)cc2)cc1. The van der Waals surface area contributed by atoms with E-state index in [0.29, 0.717) is 17.5 Å². The van der Waals surface area contributed by atoms with Gasteiger partial charge in [0.2, 0.25) is 0 Å². The molecule has 0 radical (unpaired) electrons. The summed E-state index contributed by atoms with van der Waals surface area (Å²) in [7, 11) is 0. The van der Waals surface area contributed by atoms with E-state index in [2.05, 4.69) is 188 Å². The molecule has 0 bridgehead atoms. The molecule has 276 valence electrons. The zero-order valence-corrected chi connectivity index (χ0v) is 32.2. The highest BCUT2D eigenvalue weighted by Crippen LogP contribution is 2.58. The van der Waals surface area contributed by atoms with Crippen LogP contribution in [-0.2, 0) is 5.41 Å². The van der Waals surface area contributed by atoms with Gasteiger partial charge in [0.25, 0.3) is 0 Å². The van der Waals surface area contributed by atoms with Gasteiger partial charge in [0.15, 0.2) is 17.5 Å². The first-order valence-corrected chi connectivity index (χ1v) is 20.1. The van der Waals surface area contributed by atoms with Crippen molar-refractivity contribution < 1.29 is 0 Å². The highest BCUT2D eigenvalue weighted by Gasteiger charge is 2.46. The third-order valence-electron chi connectivity index (χ3n) is 11.8. The Kier molecular flexibility index (Phi) is 8.37. The predicted molar refractivity (Wildman–Crippen MR) is 242 cm³/mol. The van der Waals surface area contributed by atoms with Crippen LogP contribution in [0.3, 0.4) is 0 Å². The second-order valence-electron chi connectivity index (χ2n) is 15.1. The number of hydrogen-bond donors (Lipinski definition) is 0. The molecule has 0 atom stereocenters. The molecule has 0 amide bonds. The minimum atomic E-state index is -0.442. The van der Waals surface area contributed by atoms with E-state index in [9.17, 15) is 0 Å².